The van der Waals surface area contributed by atoms with E-state index in [2.05, 4.69) is 54.5 Å². The van der Waals surface area contributed by atoms with E-state index in [1.807, 2.05) is 0 Å². The summed E-state index contributed by atoms with van der Waals surface area (Å²) in [5, 5.41) is 0. The summed E-state index contributed by atoms with van der Waals surface area (Å²) in [7, 11) is 0. The van der Waals surface area contributed by atoms with Crippen molar-refractivity contribution < 1.29 is 9.53 Å². The van der Waals surface area contributed by atoms with E-state index in [0.29, 0.717) is 17.3 Å². The molecule has 0 spiro atoms. The van der Waals surface area contributed by atoms with E-state index in [1.165, 1.54) is 77.0 Å². The van der Waals surface area contributed by atoms with Crippen LogP contribution in [0.5, 0.6) is 0 Å². The minimum atomic E-state index is 0.0487. The second-order valence-corrected chi connectivity index (χ2v) is 15.5. The number of fused-ring (bicyclic) bond motifs is 5. The molecular formula is C37H64O2. The number of carbonyl (C=O) groups is 1. The molecule has 4 aliphatic rings. The van der Waals surface area contributed by atoms with Crippen molar-refractivity contribution in [2.45, 2.75) is 164 Å². The van der Waals surface area contributed by atoms with E-state index in [1.54, 1.807) is 5.57 Å². The molecule has 0 heterocycles. The molecule has 0 N–H and O–H groups in total. The van der Waals surface area contributed by atoms with E-state index in [-0.39, 0.29) is 12.1 Å². The van der Waals surface area contributed by atoms with E-state index >= 15 is 0 Å². The molecule has 0 radical (unpaired) electrons. The van der Waals surface area contributed by atoms with Gasteiger partial charge in [-0.25, -0.2) is 0 Å². The van der Waals surface area contributed by atoms with Crippen LogP contribution in [0.3, 0.4) is 0 Å². The lowest BCUT2D eigenvalue weighted by atomic mass is 9.47. The fourth-order valence-electron chi connectivity index (χ4n) is 10.5. The van der Waals surface area contributed by atoms with Gasteiger partial charge in [-0.15, -0.1) is 0 Å². The zero-order chi connectivity index (χ0) is 28.2. The SMILES string of the molecule is CCCCCCCC(=O)OC1CCC2(C)C(=CCC3C2CCC2(C)C(C(C)CCC(CC)C(C)C)CCC32)C1. The second kappa shape index (κ2) is 13.5. The lowest BCUT2D eigenvalue weighted by Crippen LogP contribution is -2.51. The van der Waals surface area contributed by atoms with Gasteiger partial charge in [-0.05, 0) is 110 Å². The lowest BCUT2D eigenvalue weighted by molar-refractivity contribution is -0.151. The highest BCUT2D eigenvalue weighted by Gasteiger charge is 2.59. The average Bonchev–Trinajstić information content (AvgIpc) is 3.26. The van der Waals surface area contributed by atoms with Crippen LogP contribution in [0, 0.1) is 52.3 Å². The quantitative estimate of drug-likeness (QED) is 0.132. The molecule has 3 fully saturated rings. The first-order valence-corrected chi connectivity index (χ1v) is 17.5. The number of hydrogen-bond donors (Lipinski definition) is 0. The van der Waals surface area contributed by atoms with Crippen molar-refractivity contribution in [2.24, 2.45) is 52.3 Å². The van der Waals surface area contributed by atoms with Crippen LogP contribution in [0.25, 0.3) is 0 Å². The summed E-state index contributed by atoms with van der Waals surface area (Å²) in [4.78, 5) is 12.6. The molecule has 39 heavy (non-hydrogen) atoms. The van der Waals surface area contributed by atoms with Crippen LogP contribution >= 0.6 is 0 Å². The highest BCUT2D eigenvalue weighted by Crippen LogP contribution is 2.67. The molecule has 3 saturated carbocycles. The number of hydrogen-bond acceptors (Lipinski definition) is 2. The highest BCUT2D eigenvalue weighted by molar-refractivity contribution is 5.69. The second-order valence-electron chi connectivity index (χ2n) is 15.5. The van der Waals surface area contributed by atoms with Gasteiger partial charge in [0.1, 0.15) is 6.10 Å². The van der Waals surface area contributed by atoms with Crippen molar-refractivity contribution in [1.82, 2.24) is 0 Å². The first kappa shape index (κ1) is 31.2. The van der Waals surface area contributed by atoms with Gasteiger partial charge in [0, 0.05) is 12.8 Å². The zero-order valence-corrected chi connectivity index (χ0v) is 27.0. The van der Waals surface area contributed by atoms with E-state index in [0.717, 1.165) is 67.1 Å². The summed E-state index contributed by atoms with van der Waals surface area (Å²) in [6, 6.07) is 0. The topological polar surface area (TPSA) is 26.3 Å². The van der Waals surface area contributed by atoms with Crippen molar-refractivity contribution in [2.75, 3.05) is 0 Å². The molecule has 0 aromatic rings. The van der Waals surface area contributed by atoms with Gasteiger partial charge < -0.3 is 4.74 Å². The van der Waals surface area contributed by atoms with Crippen LogP contribution < -0.4 is 0 Å². The Labute approximate surface area is 242 Å². The van der Waals surface area contributed by atoms with E-state index in [9.17, 15) is 4.79 Å². The van der Waals surface area contributed by atoms with Gasteiger partial charge in [0.25, 0.3) is 0 Å². The van der Waals surface area contributed by atoms with Crippen molar-refractivity contribution in [3.63, 3.8) is 0 Å². The van der Waals surface area contributed by atoms with Crippen LogP contribution in [0.2, 0.25) is 0 Å². The first-order chi connectivity index (χ1) is 18.6. The predicted molar refractivity (Wildman–Crippen MR) is 165 cm³/mol. The van der Waals surface area contributed by atoms with E-state index in [4.69, 9.17) is 4.74 Å². The van der Waals surface area contributed by atoms with Crippen LogP contribution in [-0.2, 0) is 9.53 Å². The van der Waals surface area contributed by atoms with Gasteiger partial charge in [0.15, 0.2) is 0 Å². The Morgan fingerprint density at radius 2 is 1.72 bits per heavy atom. The standard InChI is InChI=1S/C37H64O2/c1-8-10-11-12-13-14-35(38)39-30-21-23-36(6)29(25-30)17-18-31-33-20-19-32(37(33,7)24-22-34(31)36)27(5)15-16-28(9-2)26(3)4/h17,26-28,30-34H,8-16,18-25H2,1-7H3. The third-order valence-corrected chi connectivity index (χ3v) is 13.1. The van der Waals surface area contributed by atoms with Crippen LogP contribution in [0.4, 0.5) is 0 Å². The summed E-state index contributed by atoms with van der Waals surface area (Å²) in [6.45, 7) is 17.4. The molecule has 0 aliphatic heterocycles. The summed E-state index contributed by atoms with van der Waals surface area (Å²) in [6.07, 6.45) is 23.8. The molecule has 0 amide bonds. The normalized spacial score (nSPS) is 37.4. The molecule has 2 heteroatoms. The summed E-state index contributed by atoms with van der Waals surface area (Å²) in [5.74, 6) is 6.18. The number of allylic oxidation sites excluding steroid dienone is 1. The highest BCUT2D eigenvalue weighted by atomic mass is 16.5. The molecule has 9 unspecified atom stereocenters. The van der Waals surface area contributed by atoms with Crippen LogP contribution in [0.1, 0.15) is 158 Å². The van der Waals surface area contributed by atoms with Crippen molar-refractivity contribution >= 4 is 5.97 Å². The van der Waals surface area contributed by atoms with E-state index < -0.39 is 0 Å². The largest absolute Gasteiger partial charge is 0.462 e. The summed E-state index contributed by atoms with van der Waals surface area (Å²) >= 11 is 0. The molecule has 2 nitrogen and oxygen atoms in total. The minimum Gasteiger partial charge on any atom is -0.462 e. The maximum Gasteiger partial charge on any atom is 0.306 e. The molecular weight excluding hydrogens is 476 g/mol. The molecule has 0 aromatic heterocycles. The number of ether oxygens (including phenoxy) is 1. The maximum absolute atomic E-state index is 12.6. The number of esters is 1. The van der Waals surface area contributed by atoms with Gasteiger partial charge >= 0.3 is 5.97 Å². The fourth-order valence-corrected chi connectivity index (χ4v) is 10.5. The molecule has 4 aliphatic carbocycles. The first-order valence-electron chi connectivity index (χ1n) is 17.5. The van der Waals surface area contributed by atoms with Crippen LogP contribution in [-0.4, -0.2) is 12.1 Å². The third-order valence-electron chi connectivity index (χ3n) is 13.1. The monoisotopic (exact) mass is 540 g/mol. The van der Waals surface area contributed by atoms with Gasteiger partial charge in [-0.2, -0.15) is 0 Å². The van der Waals surface area contributed by atoms with Crippen molar-refractivity contribution in [1.29, 1.82) is 0 Å². The number of rotatable bonds is 13. The zero-order valence-electron chi connectivity index (χ0n) is 27.0. The van der Waals surface area contributed by atoms with Gasteiger partial charge in [0.2, 0.25) is 0 Å². The Balaban J connectivity index is 1.34. The number of unbranched alkanes of at least 4 members (excludes halogenated alkanes) is 4. The Bertz CT molecular complexity index is 827. The molecule has 9 atom stereocenters. The average molecular weight is 541 g/mol. The summed E-state index contributed by atoms with van der Waals surface area (Å²) in [5.41, 5.74) is 2.52. The summed E-state index contributed by atoms with van der Waals surface area (Å²) < 4.78 is 6.04. The lowest BCUT2D eigenvalue weighted by Gasteiger charge is -2.58. The third kappa shape index (κ3) is 6.66. The number of carbonyl (C=O) groups excluding carboxylic acids is 1. The van der Waals surface area contributed by atoms with Crippen molar-refractivity contribution in [3.05, 3.63) is 11.6 Å². The fraction of sp³-hybridized carbons (Fsp3) is 0.919. The molecule has 0 saturated heterocycles. The smallest absolute Gasteiger partial charge is 0.306 e. The predicted octanol–water partition coefficient (Wildman–Crippen LogP) is 10.9. The van der Waals surface area contributed by atoms with Crippen molar-refractivity contribution in [3.8, 4) is 0 Å². The Kier molecular flexibility index (Phi) is 10.7. The Hall–Kier alpha value is -0.790. The molecule has 4 rings (SSSR count). The molecule has 0 aromatic carbocycles. The Morgan fingerprint density at radius 3 is 2.44 bits per heavy atom. The molecule has 0 bridgehead atoms. The Morgan fingerprint density at radius 1 is 0.949 bits per heavy atom. The maximum atomic E-state index is 12.6. The minimum absolute atomic E-state index is 0.0487. The molecule has 224 valence electrons. The van der Waals surface area contributed by atoms with Gasteiger partial charge in [-0.3, -0.25) is 4.79 Å². The van der Waals surface area contributed by atoms with Gasteiger partial charge in [-0.1, -0.05) is 98.6 Å². The van der Waals surface area contributed by atoms with Gasteiger partial charge in [0.05, 0.1) is 0 Å². The van der Waals surface area contributed by atoms with Crippen LogP contribution in [0.15, 0.2) is 11.6 Å².